The quantitative estimate of drug-likeness (QED) is 0.773. The van der Waals surface area contributed by atoms with Gasteiger partial charge in [0.2, 0.25) is 0 Å². The van der Waals surface area contributed by atoms with Gasteiger partial charge in [0.25, 0.3) is 0 Å². The van der Waals surface area contributed by atoms with Gasteiger partial charge < -0.3 is 11.1 Å². The first-order valence-corrected chi connectivity index (χ1v) is 5.92. The zero-order valence-electron chi connectivity index (χ0n) is 10.00. The van der Waals surface area contributed by atoms with E-state index in [2.05, 4.69) is 20.6 Å². The Bertz CT molecular complexity index is 536. The Morgan fingerprint density at radius 3 is 3.00 bits per heavy atom. The fourth-order valence-electron chi connectivity index (χ4n) is 1.64. The molecule has 0 amide bonds. The largest absolute Gasteiger partial charge is 0.389 e. The summed E-state index contributed by atoms with van der Waals surface area (Å²) in [6.07, 6.45) is 5.18. The highest BCUT2D eigenvalue weighted by Crippen LogP contribution is 2.16. The number of aromatic nitrogens is 4. The molecular formula is C11H14N6S. The highest BCUT2D eigenvalue weighted by atomic mass is 32.1. The summed E-state index contributed by atoms with van der Waals surface area (Å²) in [5, 5.41) is 10.8. The van der Waals surface area contributed by atoms with Crippen molar-refractivity contribution in [2.24, 2.45) is 5.73 Å². The molecule has 0 aliphatic carbocycles. The van der Waals surface area contributed by atoms with E-state index in [9.17, 15) is 0 Å². The molecule has 18 heavy (non-hydrogen) atoms. The molecule has 7 heteroatoms. The van der Waals surface area contributed by atoms with Gasteiger partial charge in [0.15, 0.2) is 0 Å². The maximum atomic E-state index is 5.71. The van der Waals surface area contributed by atoms with Crippen LogP contribution >= 0.6 is 12.2 Å². The fraction of sp³-hybridized carbons (Fsp3) is 0.273. The molecule has 0 fully saturated rings. The summed E-state index contributed by atoms with van der Waals surface area (Å²) >= 11 is 5.04. The molecule has 0 saturated carbocycles. The van der Waals surface area contributed by atoms with Crippen molar-refractivity contribution in [1.29, 1.82) is 0 Å². The van der Waals surface area contributed by atoms with Crippen LogP contribution in [0, 0.1) is 6.92 Å². The van der Waals surface area contributed by atoms with Gasteiger partial charge in [-0.15, -0.1) is 5.10 Å². The summed E-state index contributed by atoms with van der Waals surface area (Å²) in [6, 6.07) is 1.89. The number of rotatable bonds is 5. The van der Waals surface area contributed by atoms with Gasteiger partial charge in [-0.05, 0) is 18.6 Å². The molecule has 0 spiro atoms. The Labute approximate surface area is 110 Å². The average Bonchev–Trinajstić information content (AvgIpc) is 2.81. The Hall–Kier alpha value is -2.02. The third kappa shape index (κ3) is 2.80. The van der Waals surface area contributed by atoms with Crippen molar-refractivity contribution in [2.45, 2.75) is 13.5 Å². The van der Waals surface area contributed by atoms with Crippen molar-refractivity contribution in [1.82, 2.24) is 20.0 Å². The average molecular weight is 262 g/mol. The molecule has 0 saturated heterocycles. The van der Waals surface area contributed by atoms with Gasteiger partial charge in [-0.2, -0.15) is 0 Å². The van der Waals surface area contributed by atoms with E-state index < -0.39 is 0 Å². The molecule has 0 bridgehead atoms. The van der Waals surface area contributed by atoms with Crippen molar-refractivity contribution in [3.05, 3.63) is 35.8 Å². The van der Waals surface area contributed by atoms with Crippen LogP contribution in [0.15, 0.2) is 24.7 Å². The molecule has 2 aromatic rings. The molecule has 3 N–H and O–H groups in total. The van der Waals surface area contributed by atoms with Gasteiger partial charge in [0.1, 0.15) is 10.8 Å². The fourth-order valence-corrected chi connectivity index (χ4v) is 1.90. The van der Waals surface area contributed by atoms with Crippen LogP contribution in [0.1, 0.15) is 11.1 Å². The third-order valence-electron chi connectivity index (χ3n) is 2.51. The van der Waals surface area contributed by atoms with E-state index in [1.54, 1.807) is 23.3 Å². The Morgan fingerprint density at radius 2 is 2.33 bits per heavy atom. The van der Waals surface area contributed by atoms with Crippen molar-refractivity contribution in [2.75, 3.05) is 11.9 Å². The highest BCUT2D eigenvalue weighted by molar-refractivity contribution is 7.80. The summed E-state index contributed by atoms with van der Waals surface area (Å²) in [7, 11) is 0. The molecule has 2 heterocycles. The molecular weight excluding hydrogens is 248 g/mol. The number of nitrogens with two attached hydrogens (primary N) is 1. The molecule has 94 valence electrons. The topological polar surface area (TPSA) is 81.7 Å². The second kappa shape index (κ2) is 5.54. The minimum absolute atomic E-state index is 0.351. The van der Waals surface area contributed by atoms with E-state index in [4.69, 9.17) is 18.0 Å². The van der Waals surface area contributed by atoms with Crippen LogP contribution in [0.4, 0.5) is 5.82 Å². The van der Waals surface area contributed by atoms with Crippen molar-refractivity contribution >= 4 is 23.0 Å². The molecule has 0 unspecified atom stereocenters. The van der Waals surface area contributed by atoms with E-state index in [1.807, 2.05) is 13.0 Å². The lowest BCUT2D eigenvalue weighted by atomic mass is 10.1. The number of nitrogens with zero attached hydrogens (tertiary/aromatic N) is 4. The number of pyridine rings is 1. The van der Waals surface area contributed by atoms with Crippen LogP contribution in [-0.4, -0.2) is 31.5 Å². The van der Waals surface area contributed by atoms with E-state index in [1.165, 1.54) is 0 Å². The molecule has 6 nitrogen and oxygen atoms in total. The molecule has 0 aliphatic heterocycles. The minimum atomic E-state index is 0.351. The van der Waals surface area contributed by atoms with E-state index in [0.717, 1.165) is 11.1 Å². The van der Waals surface area contributed by atoms with Gasteiger partial charge in [-0.1, -0.05) is 17.4 Å². The van der Waals surface area contributed by atoms with Crippen molar-refractivity contribution in [3.8, 4) is 0 Å². The first kappa shape index (κ1) is 12.4. The summed E-state index contributed by atoms with van der Waals surface area (Å²) in [4.78, 5) is 4.61. The van der Waals surface area contributed by atoms with Crippen LogP contribution in [0.5, 0.6) is 0 Å². The van der Waals surface area contributed by atoms with Gasteiger partial charge in [0, 0.05) is 18.9 Å². The Morgan fingerprint density at radius 1 is 1.50 bits per heavy atom. The van der Waals surface area contributed by atoms with Crippen LogP contribution in [-0.2, 0) is 6.54 Å². The lowest BCUT2D eigenvalue weighted by Gasteiger charge is -2.11. The molecule has 2 aromatic heterocycles. The van der Waals surface area contributed by atoms with Crippen LogP contribution in [0.3, 0.4) is 0 Å². The van der Waals surface area contributed by atoms with Crippen LogP contribution in [0.2, 0.25) is 0 Å². The first-order valence-electron chi connectivity index (χ1n) is 5.52. The highest BCUT2D eigenvalue weighted by Gasteiger charge is 2.09. The van der Waals surface area contributed by atoms with E-state index >= 15 is 0 Å². The lowest BCUT2D eigenvalue weighted by Crippen LogP contribution is -2.18. The van der Waals surface area contributed by atoms with E-state index in [-0.39, 0.29) is 0 Å². The number of thiocarbonyl (C=S) groups is 1. The summed E-state index contributed by atoms with van der Waals surface area (Å²) in [6.45, 7) is 3.33. The Balaban J connectivity index is 2.05. The monoisotopic (exact) mass is 262 g/mol. The molecule has 0 aromatic carbocycles. The minimum Gasteiger partial charge on any atom is -0.389 e. The lowest BCUT2D eigenvalue weighted by molar-refractivity contribution is 0.608. The number of hydrogen-bond donors (Lipinski definition) is 2. The third-order valence-corrected chi connectivity index (χ3v) is 2.72. The van der Waals surface area contributed by atoms with Crippen molar-refractivity contribution < 1.29 is 0 Å². The predicted octanol–water partition coefficient (Wildman–Crippen LogP) is 0.728. The zero-order valence-corrected chi connectivity index (χ0v) is 10.8. The second-order valence-electron chi connectivity index (χ2n) is 3.81. The molecule has 2 rings (SSSR count). The van der Waals surface area contributed by atoms with Gasteiger partial charge in [-0.3, -0.25) is 4.68 Å². The SMILES string of the molecule is Cc1ccnc(NCCn2ccnn2)c1C(N)=S. The predicted molar refractivity (Wildman–Crippen MR) is 73.4 cm³/mol. The Kier molecular flexibility index (Phi) is 3.83. The smallest absolute Gasteiger partial charge is 0.136 e. The zero-order chi connectivity index (χ0) is 13.0. The normalized spacial score (nSPS) is 10.3. The van der Waals surface area contributed by atoms with Gasteiger partial charge >= 0.3 is 0 Å². The van der Waals surface area contributed by atoms with Crippen LogP contribution < -0.4 is 11.1 Å². The van der Waals surface area contributed by atoms with E-state index in [0.29, 0.717) is 23.9 Å². The van der Waals surface area contributed by atoms with Gasteiger partial charge in [0.05, 0.1) is 18.3 Å². The maximum Gasteiger partial charge on any atom is 0.136 e. The number of hydrogen-bond acceptors (Lipinski definition) is 5. The standard InChI is InChI=1S/C11H14N6S/c1-8-2-3-13-11(9(8)10(12)18)14-4-6-17-7-5-15-16-17/h2-3,5,7H,4,6H2,1H3,(H2,12,18)(H,13,14). The number of nitrogens with one attached hydrogen (secondary N) is 1. The summed E-state index contributed by atoms with van der Waals surface area (Å²) in [5.41, 5.74) is 7.52. The number of aryl methyl sites for hydroxylation is 1. The van der Waals surface area contributed by atoms with Gasteiger partial charge in [-0.25, -0.2) is 4.98 Å². The van der Waals surface area contributed by atoms with Crippen LogP contribution in [0.25, 0.3) is 0 Å². The number of anilines is 1. The van der Waals surface area contributed by atoms with Crippen molar-refractivity contribution in [3.63, 3.8) is 0 Å². The molecule has 0 atom stereocenters. The first-order chi connectivity index (χ1) is 8.68. The molecule has 0 radical (unpaired) electrons. The maximum absolute atomic E-state index is 5.71. The summed E-state index contributed by atoms with van der Waals surface area (Å²) in [5.74, 6) is 0.711. The molecule has 0 aliphatic rings. The summed E-state index contributed by atoms with van der Waals surface area (Å²) < 4.78 is 1.74. The second-order valence-corrected chi connectivity index (χ2v) is 4.25.